The highest BCUT2D eigenvalue weighted by Gasteiger charge is 2.51. The third-order valence-electron chi connectivity index (χ3n) is 6.02. The van der Waals surface area contributed by atoms with Gasteiger partial charge in [0.05, 0.1) is 12.7 Å². The van der Waals surface area contributed by atoms with Crippen LogP contribution in [0.4, 0.5) is 0 Å². The molecule has 7 heteroatoms. The van der Waals surface area contributed by atoms with Crippen LogP contribution < -0.4 is 4.74 Å². The lowest BCUT2D eigenvalue weighted by molar-refractivity contribution is 0.0772. The maximum Gasteiger partial charge on any atom is 0.255 e. The first-order chi connectivity index (χ1) is 12.7. The van der Waals surface area contributed by atoms with Crippen LogP contribution in [-0.2, 0) is 6.54 Å². The van der Waals surface area contributed by atoms with Gasteiger partial charge in [0.1, 0.15) is 12.2 Å². The van der Waals surface area contributed by atoms with Crippen LogP contribution in [0.1, 0.15) is 54.7 Å². The highest BCUT2D eigenvalue weighted by Crippen LogP contribution is 2.53. The normalized spacial score (nSPS) is 21.5. The van der Waals surface area contributed by atoms with Crippen molar-refractivity contribution in [2.45, 2.75) is 45.1 Å². The highest BCUT2D eigenvalue weighted by atomic mass is 16.5. The van der Waals surface area contributed by atoms with Crippen molar-refractivity contribution in [3.8, 4) is 5.88 Å². The standard InChI is InChI=1S/C19H25N5O2/c1-3-23-13-21-22-17(23)15-11-24(12-19(15)8-4-5-9-19)18(25)14-6-7-16(26-2)20-10-14/h6-7,10,13,15H,3-5,8-9,11-12H2,1-2H3. The molecule has 0 N–H and O–H groups in total. The van der Waals surface area contributed by atoms with Gasteiger partial charge in [-0.15, -0.1) is 10.2 Å². The molecule has 1 amide bonds. The Bertz CT molecular complexity index is 779. The second kappa shape index (κ2) is 6.70. The van der Waals surface area contributed by atoms with Gasteiger partial charge in [-0.25, -0.2) is 4.98 Å². The van der Waals surface area contributed by atoms with Gasteiger partial charge >= 0.3 is 0 Å². The minimum absolute atomic E-state index is 0.0384. The fourth-order valence-electron chi connectivity index (χ4n) is 4.65. The number of carbonyl (C=O) groups is 1. The molecule has 1 unspecified atom stereocenters. The summed E-state index contributed by atoms with van der Waals surface area (Å²) in [7, 11) is 1.57. The van der Waals surface area contributed by atoms with Crippen molar-refractivity contribution >= 4 is 5.91 Å². The molecule has 1 saturated heterocycles. The molecule has 7 nitrogen and oxygen atoms in total. The molecule has 2 aromatic heterocycles. The molecule has 1 saturated carbocycles. The van der Waals surface area contributed by atoms with Crippen LogP contribution in [0, 0.1) is 5.41 Å². The lowest BCUT2D eigenvalue weighted by Crippen LogP contribution is -2.31. The van der Waals surface area contributed by atoms with E-state index >= 15 is 0 Å². The van der Waals surface area contributed by atoms with Gasteiger partial charge < -0.3 is 14.2 Å². The zero-order valence-corrected chi connectivity index (χ0v) is 15.4. The molecular formula is C19H25N5O2. The number of amides is 1. The Labute approximate surface area is 153 Å². The Morgan fingerprint density at radius 3 is 2.81 bits per heavy atom. The molecule has 0 bridgehead atoms. The van der Waals surface area contributed by atoms with Gasteiger partial charge in [0, 0.05) is 37.8 Å². The van der Waals surface area contributed by atoms with Crippen molar-refractivity contribution in [1.82, 2.24) is 24.6 Å². The lowest BCUT2D eigenvalue weighted by Gasteiger charge is -2.29. The van der Waals surface area contributed by atoms with E-state index in [1.807, 2.05) is 4.90 Å². The van der Waals surface area contributed by atoms with Gasteiger partial charge in [-0.05, 0) is 31.2 Å². The second-order valence-corrected chi connectivity index (χ2v) is 7.37. The molecular weight excluding hydrogens is 330 g/mol. The van der Waals surface area contributed by atoms with E-state index in [-0.39, 0.29) is 17.2 Å². The monoisotopic (exact) mass is 355 g/mol. The van der Waals surface area contributed by atoms with Gasteiger partial charge in [-0.1, -0.05) is 12.8 Å². The van der Waals surface area contributed by atoms with Crippen LogP contribution in [-0.4, -0.2) is 50.8 Å². The van der Waals surface area contributed by atoms with E-state index in [1.165, 1.54) is 12.8 Å². The predicted molar refractivity (Wildman–Crippen MR) is 96.0 cm³/mol. The van der Waals surface area contributed by atoms with E-state index in [0.29, 0.717) is 18.0 Å². The molecule has 0 aromatic carbocycles. The van der Waals surface area contributed by atoms with Crippen LogP contribution in [0.3, 0.4) is 0 Å². The average Bonchev–Trinajstić information content (AvgIpc) is 3.41. The third kappa shape index (κ3) is 2.75. The van der Waals surface area contributed by atoms with Gasteiger partial charge in [-0.2, -0.15) is 0 Å². The van der Waals surface area contributed by atoms with Crippen molar-refractivity contribution in [2.75, 3.05) is 20.2 Å². The van der Waals surface area contributed by atoms with Crippen molar-refractivity contribution in [3.63, 3.8) is 0 Å². The Kier molecular flexibility index (Phi) is 4.38. The number of hydrogen-bond acceptors (Lipinski definition) is 5. The van der Waals surface area contributed by atoms with E-state index in [9.17, 15) is 4.79 Å². The Morgan fingerprint density at radius 1 is 1.35 bits per heavy atom. The largest absolute Gasteiger partial charge is 0.481 e. The first kappa shape index (κ1) is 17.0. The summed E-state index contributed by atoms with van der Waals surface area (Å²) < 4.78 is 7.21. The van der Waals surface area contributed by atoms with E-state index in [1.54, 1.807) is 31.8 Å². The minimum Gasteiger partial charge on any atom is -0.481 e. The number of rotatable bonds is 4. The summed E-state index contributed by atoms with van der Waals surface area (Å²) in [4.78, 5) is 19.2. The molecule has 1 aliphatic carbocycles. The topological polar surface area (TPSA) is 73.1 Å². The Balaban J connectivity index is 1.62. The molecule has 3 heterocycles. The fourth-order valence-corrected chi connectivity index (χ4v) is 4.65. The smallest absolute Gasteiger partial charge is 0.255 e. The summed E-state index contributed by atoms with van der Waals surface area (Å²) in [6.07, 6.45) is 8.16. The van der Waals surface area contributed by atoms with Crippen molar-refractivity contribution in [2.24, 2.45) is 5.41 Å². The van der Waals surface area contributed by atoms with E-state index in [0.717, 1.165) is 31.8 Å². The van der Waals surface area contributed by atoms with E-state index in [4.69, 9.17) is 4.74 Å². The number of aromatic nitrogens is 4. The molecule has 1 spiro atoms. The zero-order valence-electron chi connectivity index (χ0n) is 15.4. The van der Waals surface area contributed by atoms with Crippen molar-refractivity contribution < 1.29 is 9.53 Å². The molecule has 0 radical (unpaired) electrons. The predicted octanol–water partition coefficient (Wildman–Crippen LogP) is 2.50. The minimum atomic E-state index is 0.0384. The molecule has 2 aliphatic rings. The maximum atomic E-state index is 13.1. The summed E-state index contributed by atoms with van der Waals surface area (Å²) in [6, 6.07) is 3.52. The van der Waals surface area contributed by atoms with Gasteiger partial charge in [0.25, 0.3) is 5.91 Å². The summed E-state index contributed by atoms with van der Waals surface area (Å²) in [6.45, 7) is 4.45. The Hall–Kier alpha value is -2.44. The molecule has 1 aliphatic heterocycles. The number of hydrogen-bond donors (Lipinski definition) is 0. The van der Waals surface area contributed by atoms with Crippen LogP contribution in [0.5, 0.6) is 5.88 Å². The van der Waals surface area contributed by atoms with E-state index in [2.05, 4.69) is 26.7 Å². The maximum absolute atomic E-state index is 13.1. The lowest BCUT2D eigenvalue weighted by atomic mass is 9.76. The first-order valence-corrected chi connectivity index (χ1v) is 9.34. The zero-order chi connectivity index (χ0) is 18.1. The van der Waals surface area contributed by atoms with Crippen molar-refractivity contribution in [3.05, 3.63) is 36.0 Å². The highest BCUT2D eigenvalue weighted by molar-refractivity contribution is 5.94. The van der Waals surface area contributed by atoms with E-state index < -0.39 is 0 Å². The third-order valence-corrected chi connectivity index (χ3v) is 6.02. The number of ether oxygens (including phenoxy) is 1. The second-order valence-electron chi connectivity index (χ2n) is 7.37. The number of likely N-dealkylation sites (tertiary alicyclic amines) is 1. The summed E-state index contributed by atoms with van der Waals surface area (Å²) in [5.74, 6) is 1.83. The molecule has 2 fully saturated rings. The first-order valence-electron chi connectivity index (χ1n) is 9.34. The van der Waals surface area contributed by atoms with Gasteiger partial charge in [-0.3, -0.25) is 4.79 Å². The Morgan fingerprint density at radius 2 is 2.15 bits per heavy atom. The van der Waals surface area contributed by atoms with Crippen LogP contribution in [0.25, 0.3) is 0 Å². The summed E-state index contributed by atoms with van der Waals surface area (Å²) >= 11 is 0. The summed E-state index contributed by atoms with van der Waals surface area (Å²) in [5.41, 5.74) is 0.742. The van der Waals surface area contributed by atoms with Gasteiger partial charge in [0.15, 0.2) is 0 Å². The van der Waals surface area contributed by atoms with Crippen molar-refractivity contribution in [1.29, 1.82) is 0 Å². The molecule has 2 aromatic rings. The number of aryl methyl sites for hydroxylation is 1. The van der Waals surface area contributed by atoms with Crippen LogP contribution in [0.2, 0.25) is 0 Å². The fraction of sp³-hybridized carbons (Fsp3) is 0.579. The van der Waals surface area contributed by atoms with Crippen LogP contribution >= 0.6 is 0 Å². The number of nitrogens with zero attached hydrogens (tertiary/aromatic N) is 5. The molecule has 4 rings (SSSR count). The molecule has 26 heavy (non-hydrogen) atoms. The molecule has 1 atom stereocenters. The summed E-state index contributed by atoms with van der Waals surface area (Å²) in [5, 5.41) is 8.55. The number of methoxy groups -OCH3 is 1. The number of carbonyl (C=O) groups excluding carboxylic acids is 1. The van der Waals surface area contributed by atoms with Crippen LogP contribution in [0.15, 0.2) is 24.7 Å². The molecule has 138 valence electrons. The quantitative estimate of drug-likeness (QED) is 0.842. The number of pyridine rings is 1. The van der Waals surface area contributed by atoms with Gasteiger partial charge in [0.2, 0.25) is 5.88 Å². The average molecular weight is 355 g/mol. The SMILES string of the molecule is CCn1cnnc1C1CN(C(=O)c2ccc(OC)nc2)CC12CCCC2.